The van der Waals surface area contributed by atoms with E-state index in [1.165, 1.54) is 12.1 Å². The van der Waals surface area contributed by atoms with Crippen LogP contribution in [0.5, 0.6) is 0 Å². The van der Waals surface area contributed by atoms with Crippen molar-refractivity contribution in [1.82, 2.24) is 4.31 Å². The van der Waals surface area contributed by atoms with Crippen molar-refractivity contribution in [2.75, 3.05) is 19.4 Å². The SMILES string of the molecule is CN(C)S(=O)(=O)c1cc(C(=O)[O-])c(Nc2ccc(I)cc2Cl)c(F)c1F. The van der Waals surface area contributed by atoms with E-state index in [4.69, 9.17) is 11.6 Å². The first kappa shape index (κ1) is 20.8. The number of hydrogen-bond acceptors (Lipinski definition) is 5. The number of sulfonamides is 1. The number of aromatic carboxylic acids is 1. The van der Waals surface area contributed by atoms with E-state index in [0.29, 0.717) is 10.4 Å². The van der Waals surface area contributed by atoms with E-state index in [-0.39, 0.29) is 10.7 Å². The molecule has 1 N–H and O–H groups in total. The third-order valence-corrected chi connectivity index (χ3v) is 6.14. The Kier molecular flexibility index (Phi) is 6.10. The van der Waals surface area contributed by atoms with Crippen LogP contribution in [0.3, 0.4) is 0 Å². The van der Waals surface area contributed by atoms with E-state index in [9.17, 15) is 27.1 Å². The first-order chi connectivity index (χ1) is 12.0. The van der Waals surface area contributed by atoms with E-state index in [1.807, 2.05) is 22.6 Å². The smallest absolute Gasteiger partial charge is 0.245 e. The summed E-state index contributed by atoms with van der Waals surface area (Å²) in [6.45, 7) is 0. The van der Waals surface area contributed by atoms with Crippen molar-refractivity contribution >= 4 is 61.6 Å². The fourth-order valence-electron chi connectivity index (χ4n) is 2.00. The zero-order chi connectivity index (χ0) is 19.8. The molecule has 2 aromatic carbocycles. The van der Waals surface area contributed by atoms with Crippen LogP contribution in [0.25, 0.3) is 0 Å². The van der Waals surface area contributed by atoms with Crippen molar-refractivity contribution in [2.24, 2.45) is 0 Å². The normalized spacial score (nSPS) is 11.7. The Balaban J connectivity index is 2.71. The molecule has 11 heteroatoms. The largest absolute Gasteiger partial charge is 0.545 e. The topological polar surface area (TPSA) is 89.5 Å². The van der Waals surface area contributed by atoms with Gasteiger partial charge < -0.3 is 15.2 Å². The molecule has 0 fully saturated rings. The summed E-state index contributed by atoms with van der Waals surface area (Å²) < 4.78 is 54.5. The van der Waals surface area contributed by atoms with E-state index < -0.39 is 43.8 Å². The highest BCUT2D eigenvalue weighted by atomic mass is 127. The summed E-state index contributed by atoms with van der Waals surface area (Å²) in [5, 5.41) is 13.9. The molecular formula is C15H11ClF2IN2O4S-. The molecule has 0 saturated heterocycles. The lowest BCUT2D eigenvalue weighted by molar-refractivity contribution is -0.254. The van der Waals surface area contributed by atoms with Crippen LogP contribution in [0.4, 0.5) is 20.2 Å². The number of carbonyl (C=O) groups is 1. The zero-order valence-corrected chi connectivity index (χ0v) is 17.0. The van der Waals surface area contributed by atoms with Crippen LogP contribution in [0, 0.1) is 15.2 Å². The molecule has 2 aromatic rings. The first-order valence-electron chi connectivity index (χ1n) is 6.84. The second-order valence-corrected chi connectivity index (χ2v) is 9.02. The standard InChI is InChI=1S/C15H12ClF2IN2O4S/c1-21(2)26(24,25)11-6-8(15(22)23)14(13(18)12(11)17)20-10-4-3-7(19)5-9(10)16/h3-6,20H,1-2H3,(H,22,23)/p-1. The number of benzene rings is 2. The van der Waals surface area contributed by atoms with Crippen LogP contribution in [0.2, 0.25) is 5.02 Å². The van der Waals surface area contributed by atoms with Crippen LogP contribution in [-0.2, 0) is 10.0 Å². The third kappa shape index (κ3) is 3.92. The van der Waals surface area contributed by atoms with E-state index in [0.717, 1.165) is 17.7 Å². The second-order valence-electron chi connectivity index (χ2n) is 5.25. The summed E-state index contributed by atoms with van der Waals surface area (Å²) >= 11 is 7.98. The summed E-state index contributed by atoms with van der Waals surface area (Å²) in [7, 11) is -2.22. The molecule has 0 saturated carbocycles. The zero-order valence-electron chi connectivity index (χ0n) is 13.3. The summed E-state index contributed by atoms with van der Waals surface area (Å²) in [6, 6.07) is 5.06. The number of hydrogen-bond donors (Lipinski definition) is 1. The molecule has 0 aliphatic carbocycles. The van der Waals surface area contributed by atoms with Crippen LogP contribution >= 0.6 is 34.2 Å². The Morgan fingerprint density at radius 3 is 2.35 bits per heavy atom. The van der Waals surface area contributed by atoms with E-state index >= 15 is 0 Å². The highest BCUT2D eigenvalue weighted by Gasteiger charge is 2.28. The molecule has 26 heavy (non-hydrogen) atoms. The van der Waals surface area contributed by atoms with Gasteiger partial charge in [0.1, 0.15) is 4.90 Å². The highest BCUT2D eigenvalue weighted by Crippen LogP contribution is 2.34. The Morgan fingerprint density at radius 1 is 1.23 bits per heavy atom. The lowest BCUT2D eigenvalue weighted by Crippen LogP contribution is -2.27. The molecule has 0 radical (unpaired) electrons. The number of rotatable bonds is 5. The van der Waals surface area contributed by atoms with Gasteiger partial charge in [0.05, 0.1) is 22.4 Å². The number of halogens is 4. The van der Waals surface area contributed by atoms with Crippen LogP contribution in [0.15, 0.2) is 29.2 Å². The Labute approximate surface area is 167 Å². The van der Waals surface area contributed by atoms with Crippen molar-refractivity contribution < 1.29 is 27.1 Å². The maximum Gasteiger partial charge on any atom is 0.245 e. The minimum atomic E-state index is -4.42. The highest BCUT2D eigenvalue weighted by molar-refractivity contribution is 14.1. The van der Waals surface area contributed by atoms with Gasteiger partial charge in [-0.1, -0.05) is 11.6 Å². The Bertz CT molecular complexity index is 1000. The number of carbonyl (C=O) groups excluding carboxylic acids is 1. The van der Waals surface area contributed by atoms with Gasteiger partial charge in [0.15, 0.2) is 11.6 Å². The van der Waals surface area contributed by atoms with Gasteiger partial charge in [-0.05, 0) is 46.9 Å². The molecule has 0 amide bonds. The van der Waals surface area contributed by atoms with Crippen molar-refractivity contribution in [1.29, 1.82) is 0 Å². The molecular weight excluding hydrogens is 505 g/mol. The molecule has 0 spiro atoms. The quantitative estimate of drug-likeness (QED) is 0.619. The maximum absolute atomic E-state index is 14.5. The number of nitrogens with zero attached hydrogens (tertiary/aromatic N) is 1. The number of nitrogens with one attached hydrogen (secondary N) is 1. The van der Waals surface area contributed by atoms with Gasteiger partial charge in [-0.3, -0.25) is 0 Å². The summed E-state index contributed by atoms with van der Waals surface area (Å²) in [4.78, 5) is 10.3. The summed E-state index contributed by atoms with van der Waals surface area (Å²) in [5.41, 5.74) is -1.54. The number of carboxylic acids is 1. The number of anilines is 2. The lowest BCUT2D eigenvalue weighted by Gasteiger charge is -2.19. The number of carboxylic acid groups (broad SMARTS) is 1. The van der Waals surface area contributed by atoms with Crippen LogP contribution in [-0.4, -0.2) is 32.8 Å². The van der Waals surface area contributed by atoms with Crippen molar-refractivity contribution in [3.05, 3.63) is 50.1 Å². The lowest BCUT2D eigenvalue weighted by atomic mass is 10.1. The van der Waals surface area contributed by atoms with Crippen LogP contribution < -0.4 is 10.4 Å². The average Bonchev–Trinajstić information content (AvgIpc) is 2.53. The molecule has 0 aliphatic heterocycles. The summed E-state index contributed by atoms with van der Waals surface area (Å²) in [5.74, 6) is -5.28. The van der Waals surface area contributed by atoms with Gasteiger partial charge in [0.2, 0.25) is 10.0 Å². The molecule has 6 nitrogen and oxygen atoms in total. The minimum absolute atomic E-state index is 0.107. The first-order valence-corrected chi connectivity index (χ1v) is 9.74. The van der Waals surface area contributed by atoms with Gasteiger partial charge in [0.25, 0.3) is 0 Å². The fraction of sp³-hybridized carbons (Fsp3) is 0.133. The minimum Gasteiger partial charge on any atom is -0.545 e. The van der Waals surface area contributed by atoms with Crippen LogP contribution in [0.1, 0.15) is 10.4 Å². The predicted molar refractivity (Wildman–Crippen MR) is 99.0 cm³/mol. The summed E-state index contributed by atoms with van der Waals surface area (Å²) in [6.07, 6.45) is 0. The van der Waals surface area contributed by atoms with E-state index in [1.54, 1.807) is 6.07 Å². The molecule has 0 aromatic heterocycles. The molecule has 0 bridgehead atoms. The van der Waals surface area contributed by atoms with Crippen molar-refractivity contribution in [3.63, 3.8) is 0 Å². The molecule has 0 heterocycles. The van der Waals surface area contributed by atoms with Gasteiger partial charge in [0, 0.05) is 23.2 Å². The van der Waals surface area contributed by atoms with Gasteiger partial charge >= 0.3 is 0 Å². The predicted octanol–water partition coefficient (Wildman–Crippen LogP) is 2.58. The monoisotopic (exact) mass is 515 g/mol. The van der Waals surface area contributed by atoms with E-state index in [2.05, 4.69) is 5.32 Å². The van der Waals surface area contributed by atoms with Gasteiger partial charge in [-0.25, -0.2) is 21.5 Å². The maximum atomic E-state index is 14.5. The molecule has 2 rings (SSSR count). The van der Waals surface area contributed by atoms with Crippen molar-refractivity contribution in [2.45, 2.75) is 4.90 Å². The Morgan fingerprint density at radius 2 is 1.85 bits per heavy atom. The second kappa shape index (κ2) is 7.62. The molecule has 0 atom stereocenters. The van der Waals surface area contributed by atoms with Gasteiger partial charge in [-0.15, -0.1) is 0 Å². The average molecular weight is 516 g/mol. The fourth-order valence-corrected chi connectivity index (χ4v) is 3.88. The Hall–Kier alpha value is -1.50. The molecule has 140 valence electrons. The third-order valence-electron chi connectivity index (χ3n) is 3.34. The van der Waals surface area contributed by atoms with Crippen molar-refractivity contribution in [3.8, 4) is 0 Å². The van der Waals surface area contributed by atoms with Gasteiger partial charge in [-0.2, -0.15) is 0 Å². The molecule has 0 aliphatic rings. The molecule has 0 unspecified atom stereocenters.